The number of guanidine groups is 1. The highest BCUT2D eigenvalue weighted by Gasteiger charge is 2.25. The maximum absolute atomic E-state index is 6.25. The highest BCUT2D eigenvalue weighted by Crippen LogP contribution is 2.31. The molecule has 2 aromatic rings. The van der Waals surface area contributed by atoms with Gasteiger partial charge in [-0.1, -0.05) is 18.2 Å². The highest BCUT2D eigenvalue weighted by molar-refractivity contribution is 7.13. The van der Waals surface area contributed by atoms with E-state index in [1.54, 1.807) is 11.3 Å². The van der Waals surface area contributed by atoms with Gasteiger partial charge >= 0.3 is 0 Å². The summed E-state index contributed by atoms with van der Waals surface area (Å²) in [6, 6.07) is 9.21. The lowest BCUT2D eigenvalue weighted by Gasteiger charge is -2.35. The second-order valence-electron chi connectivity index (χ2n) is 6.90. The number of nitrogens with two attached hydrogens (primary N) is 1. The quantitative estimate of drug-likeness (QED) is 0.659. The van der Waals surface area contributed by atoms with Crippen molar-refractivity contribution < 1.29 is 0 Å². The summed E-state index contributed by atoms with van der Waals surface area (Å²) in [4.78, 5) is 16.0. The first-order valence-corrected chi connectivity index (χ1v) is 10.1. The SMILES string of the molecule is CC1Cc2ccccc2N1CCN=C(N)N1CCN(c2nccs2)CC1. The number of aliphatic imine (C=N–C) groups is 1. The summed E-state index contributed by atoms with van der Waals surface area (Å²) >= 11 is 1.69. The normalized spacial score (nSPS) is 20.6. The molecule has 7 heteroatoms. The van der Waals surface area contributed by atoms with E-state index in [-0.39, 0.29) is 0 Å². The summed E-state index contributed by atoms with van der Waals surface area (Å²) < 4.78 is 0. The van der Waals surface area contributed by atoms with Crippen LogP contribution in [0.2, 0.25) is 0 Å². The van der Waals surface area contributed by atoms with Crippen LogP contribution in [0.1, 0.15) is 12.5 Å². The van der Waals surface area contributed by atoms with Crippen LogP contribution in [0.25, 0.3) is 0 Å². The largest absolute Gasteiger partial charge is 0.370 e. The number of anilines is 2. The molecule has 0 saturated carbocycles. The first kappa shape index (κ1) is 17.1. The number of para-hydroxylation sites is 1. The molecule has 1 unspecified atom stereocenters. The molecule has 1 fully saturated rings. The molecule has 0 amide bonds. The summed E-state index contributed by atoms with van der Waals surface area (Å²) in [5, 5.41) is 3.12. The number of benzene rings is 1. The van der Waals surface area contributed by atoms with Gasteiger partial charge in [-0.2, -0.15) is 0 Å². The zero-order valence-electron chi connectivity index (χ0n) is 15.2. The number of hydrogen-bond donors (Lipinski definition) is 1. The number of fused-ring (bicyclic) bond motifs is 1. The second-order valence-corrected chi connectivity index (χ2v) is 7.78. The van der Waals surface area contributed by atoms with Gasteiger partial charge in [-0.25, -0.2) is 4.98 Å². The van der Waals surface area contributed by atoms with Gasteiger partial charge in [0.2, 0.25) is 0 Å². The van der Waals surface area contributed by atoms with Gasteiger partial charge < -0.3 is 20.4 Å². The average Bonchev–Trinajstić information content (AvgIpc) is 3.30. The Morgan fingerprint density at radius 3 is 2.85 bits per heavy atom. The highest BCUT2D eigenvalue weighted by atomic mass is 32.1. The lowest BCUT2D eigenvalue weighted by atomic mass is 10.1. The van der Waals surface area contributed by atoms with Gasteiger partial charge in [0.1, 0.15) is 0 Å². The van der Waals surface area contributed by atoms with Crippen molar-refractivity contribution in [1.29, 1.82) is 0 Å². The van der Waals surface area contributed by atoms with E-state index in [1.807, 2.05) is 11.6 Å². The Morgan fingerprint density at radius 1 is 1.27 bits per heavy atom. The van der Waals surface area contributed by atoms with Crippen LogP contribution in [0.4, 0.5) is 10.8 Å². The number of nitrogens with zero attached hydrogens (tertiary/aromatic N) is 5. The summed E-state index contributed by atoms with van der Waals surface area (Å²) in [7, 11) is 0. The minimum absolute atomic E-state index is 0.533. The first-order chi connectivity index (χ1) is 12.7. The Kier molecular flexibility index (Phi) is 4.97. The molecular formula is C19H26N6S. The summed E-state index contributed by atoms with van der Waals surface area (Å²) in [6.07, 6.45) is 2.98. The van der Waals surface area contributed by atoms with Crippen molar-refractivity contribution >= 4 is 28.1 Å². The molecule has 4 rings (SSSR count). The monoisotopic (exact) mass is 370 g/mol. The van der Waals surface area contributed by atoms with Crippen LogP contribution in [-0.2, 0) is 6.42 Å². The fourth-order valence-corrected chi connectivity index (χ4v) is 4.54. The number of thiazole rings is 1. The Hall–Kier alpha value is -2.28. The van der Waals surface area contributed by atoms with Crippen LogP contribution < -0.4 is 15.5 Å². The van der Waals surface area contributed by atoms with Crippen molar-refractivity contribution in [2.24, 2.45) is 10.7 Å². The van der Waals surface area contributed by atoms with Crippen LogP contribution in [0, 0.1) is 0 Å². The van der Waals surface area contributed by atoms with Crippen LogP contribution >= 0.6 is 11.3 Å². The predicted molar refractivity (Wildman–Crippen MR) is 109 cm³/mol. The van der Waals surface area contributed by atoms with Crippen molar-refractivity contribution in [3.63, 3.8) is 0 Å². The van der Waals surface area contributed by atoms with E-state index in [0.29, 0.717) is 12.0 Å². The Morgan fingerprint density at radius 2 is 2.08 bits per heavy atom. The summed E-state index contributed by atoms with van der Waals surface area (Å²) in [5.74, 6) is 0.670. The molecule has 26 heavy (non-hydrogen) atoms. The lowest BCUT2D eigenvalue weighted by molar-refractivity contribution is 0.380. The molecule has 0 spiro atoms. The van der Waals surface area contributed by atoms with Crippen molar-refractivity contribution in [1.82, 2.24) is 9.88 Å². The first-order valence-electron chi connectivity index (χ1n) is 9.26. The molecular weight excluding hydrogens is 344 g/mol. The molecule has 6 nitrogen and oxygen atoms in total. The van der Waals surface area contributed by atoms with Gasteiger partial charge in [0, 0.05) is 56.0 Å². The number of rotatable bonds is 4. The Labute approximate surface area is 159 Å². The van der Waals surface area contributed by atoms with Gasteiger partial charge in [0.15, 0.2) is 11.1 Å². The Balaban J connectivity index is 1.29. The molecule has 3 heterocycles. The fourth-order valence-electron chi connectivity index (χ4n) is 3.84. The van der Waals surface area contributed by atoms with Gasteiger partial charge in [0.25, 0.3) is 0 Å². The molecule has 2 aliphatic heterocycles. The molecule has 0 bridgehead atoms. The van der Waals surface area contributed by atoms with Crippen LogP contribution in [0.15, 0.2) is 40.8 Å². The van der Waals surface area contributed by atoms with Crippen molar-refractivity contribution in [2.45, 2.75) is 19.4 Å². The minimum Gasteiger partial charge on any atom is -0.370 e. The maximum atomic E-state index is 6.25. The number of piperazine rings is 1. The maximum Gasteiger partial charge on any atom is 0.191 e. The van der Waals surface area contributed by atoms with E-state index >= 15 is 0 Å². The zero-order chi connectivity index (χ0) is 17.9. The topological polar surface area (TPSA) is 61.0 Å². The van der Waals surface area contributed by atoms with Crippen molar-refractivity contribution in [2.75, 3.05) is 49.1 Å². The smallest absolute Gasteiger partial charge is 0.191 e. The molecule has 1 atom stereocenters. The zero-order valence-corrected chi connectivity index (χ0v) is 16.0. The van der Waals surface area contributed by atoms with E-state index in [1.165, 1.54) is 11.3 Å². The molecule has 2 N–H and O–H groups in total. The van der Waals surface area contributed by atoms with Crippen LogP contribution in [0.5, 0.6) is 0 Å². The van der Waals surface area contributed by atoms with Crippen molar-refractivity contribution in [3.8, 4) is 0 Å². The Bertz CT molecular complexity index is 751. The number of aromatic nitrogens is 1. The van der Waals surface area contributed by atoms with Gasteiger partial charge in [-0.15, -0.1) is 11.3 Å². The predicted octanol–water partition coefficient (Wildman–Crippen LogP) is 2.03. The molecule has 1 aromatic carbocycles. The third-order valence-electron chi connectivity index (χ3n) is 5.26. The summed E-state index contributed by atoms with van der Waals surface area (Å²) in [6.45, 7) is 7.62. The average molecular weight is 371 g/mol. The van der Waals surface area contributed by atoms with Gasteiger partial charge in [0.05, 0.1) is 6.54 Å². The van der Waals surface area contributed by atoms with E-state index in [4.69, 9.17) is 5.73 Å². The lowest BCUT2D eigenvalue weighted by Crippen LogP contribution is -2.51. The molecule has 1 saturated heterocycles. The van der Waals surface area contributed by atoms with E-state index in [2.05, 4.69) is 55.9 Å². The standard InChI is InChI=1S/C19H26N6S/c1-15-14-16-4-2-3-5-17(16)25(15)8-6-21-18(20)23-9-11-24(12-10-23)19-22-7-13-26-19/h2-5,7,13,15H,6,8-12,14H2,1H3,(H2,20,21). The second kappa shape index (κ2) is 7.53. The number of hydrogen-bond acceptors (Lipinski definition) is 5. The van der Waals surface area contributed by atoms with E-state index in [0.717, 1.165) is 50.8 Å². The summed E-state index contributed by atoms with van der Waals surface area (Å²) in [5.41, 5.74) is 9.05. The van der Waals surface area contributed by atoms with Crippen LogP contribution in [0.3, 0.4) is 0 Å². The molecule has 2 aliphatic rings. The third kappa shape index (κ3) is 3.49. The molecule has 138 valence electrons. The minimum atomic E-state index is 0.533. The van der Waals surface area contributed by atoms with E-state index in [9.17, 15) is 0 Å². The molecule has 0 radical (unpaired) electrons. The van der Waals surface area contributed by atoms with Crippen molar-refractivity contribution in [3.05, 3.63) is 41.4 Å². The van der Waals surface area contributed by atoms with Gasteiger partial charge in [-0.05, 0) is 25.0 Å². The molecule has 1 aromatic heterocycles. The van der Waals surface area contributed by atoms with E-state index < -0.39 is 0 Å². The molecule has 0 aliphatic carbocycles. The van der Waals surface area contributed by atoms with Crippen LogP contribution in [-0.4, -0.2) is 61.2 Å². The van der Waals surface area contributed by atoms with Gasteiger partial charge in [-0.3, -0.25) is 4.99 Å². The fraction of sp³-hybridized carbons (Fsp3) is 0.474. The third-order valence-corrected chi connectivity index (χ3v) is 6.09.